The molecule has 1 saturated carbocycles. The molecular formula is C8H14N2. The maximum Gasteiger partial charge on any atom is -0.00264 e. The number of rotatable bonds is 0. The van der Waals surface area contributed by atoms with E-state index in [1.807, 2.05) is 0 Å². The Morgan fingerprint density at radius 3 is 1.60 bits per heavy atom. The first-order chi connectivity index (χ1) is 4.88. The highest BCUT2D eigenvalue weighted by Crippen LogP contribution is 2.26. The second-order valence-corrected chi connectivity index (χ2v) is 2.59. The van der Waals surface area contributed by atoms with Crippen molar-refractivity contribution in [1.82, 2.24) is 0 Å². The van der Waals surface area contributed by atoms with Gasteiger partial charge in [-0.05, 0) is 49.2 Å². The van der Waals surface area contributed by atoms with E-state index < -0.39 is 0 Å². The summed E-state index contributed by atoms with van der Waals surface area (Å²) in [4.78, 5) is 0. The zero-order valence-electron chi connectivity index (χ0n) is 6.14. The molecule has 4 N–H and O–H groups in total. The van der Waals surface area contributed by atoms with Gasteiger partial charge in [0.05, 0.1) is 0 Å². The molecule has 0 saturated heterocycles. The number of hydrogen-bond donors (Lipinski definition) is 2. The molecule has 1 aliphatic rings. The van der Waals surface area contributed by atoms with Crippen LogP contribution in [0.4, 0.5) is 0 Å². The first-order valence-corrected chi connectivity index (χ1v) is 3.70. The van der Waals surface area contributed by atoms with Crippen LogP contribution in [0.15, 0.2) is 23.5 Å². The normalized spacial score (nSPS) is 27.6. The van der Waals surface area contributed by atoms with Crippen LogP contribution in [0.3, 0.4) is 0 Å². The summed E-state index contributed by atoms with van der Waals surface area (Å²) >= 11 is 0. The van der Waals surface area contributed by atoms with Gasteiger partial charge in [-0.1, -0.05) is 0 Å². The molecule has 0 spiro atoms. The lowest BCUT2D eigenvalue weighted by Gasteiger charge is -2.16. The quantitative estimate of drug-likeness (QED) is 0.529. The van der Waals surface area contributed by atoms with Crippen LogP contribution in [0.25, 0.3) is 0 Å². The van der Waals surface area contributed by atoms with Crippen LogP contribution in [-0.2, 0) is 0 Å². The van der Waals surface area contributed by atoms with Gasteiger partial charge in [0.15, 0.2) is 0 Å². The highest BCUT2D eigenvalue weighted by Gasteiger charge is 2.09. The molecule has 0 radical (unpaired) electrons. The summed E-state index contributed by atoms with van der Waals surface area (Å²) in [6, 6.07) is 0. The molecule has 0 aromatic rings. The average Bonchev–Trinajstić information content (AvgIpc) is 2.04. The second kappa shape index (κ2) is 3.30. The van der Waals surface area contributed by atoms with Gasteiger partial charge in [-0.15, -0.1) is 0 Å². The van der Waals surface area contributed by atoms with E-state index in [1.165, 1.54) is 24.0 Å². The fraction of sp³-hybridized carbons (Fsp3) is 0.500. The first kappa shape index (κ1) is 7.19. The Kier molecular flexibility index (Phi) is 2.37. The summed E-state index contributed by atoms with van der Waals surface area (Å²) in [6.07, 6.45) is 8.05. The Hall–Kier alpha value is -0.920. The van der Waals surface area contributed by atoms with Crippen molar-refractivity contribution >= 4 is 0 Å². The Morgan fingerprint density at radius 1 is 0.900 bits per heavy atom. The zero-order chi connectivity index (χ0) is 7.40. The molecule has 0 aromatic heterocycles. The molecule has 0 heterocycles. The molecule has 0 amide bonds. The molecule has 2 nitrogen and oxygen atoms in total. The molecule has 0 unspecified atom stereocenters. The smallest absolute Gasteiger partial charge is 0.00264 e. The van der Waals surface area contributed by atoms with Gasteiger partial charge in [0.1, 0.15) is 0 Å². The van der Waals surface area contributed by atoms with Crippen LogP contribution in [0.2, 0.25) is 0 Å². The van der Waals surface area contributed by atoms with Crippen LogP contribution < -0.4 is 11.5 Å². The lowest BCUT2D eigenvalue weighted by Crippen LogP contribution is -2.02. The molecule has 56 valence electrons. The predicted molar refractivity (Wildman–Crippen MR) is 43.0 cm³/mol. The minimum Gasteiger partial charge on any atom is -0.404 e. The van der Waals surface area contributed by atoms with E-state index in [4.69, 9.17) is 11.5 Å². The maximum absolute atomic E-state index is 5.41. The Labute approximate surface area is 61.6 Å². The molecule has 10 heavy (non-hydrogen) atoms. The van der Waals surface area contributed by atoms with Gasteiger partial charge < -0.3 is 11.5 Å². The van der Waals surface area contributed by atoms with Crippen LogP contribution >= 0.6 is 0 Å². The van der Waals surface area contributed by atoms with E-state index in [2.05, 4.69) is 0 Å². The maximum atomic E-state index is 5.41. The van der Waals surface area contributed by atoms with Crippen molar-refractivity contribution in [1.29, 1.82) is 0 Å². The Bertz CT molecular complexity index is 148. The summed E-state index contributed by atoms with van der Waals surface area (Å²) in [5.74, 6) is 0. The lowest BCUT2D eigenvalue weighted by atomic mass is 9.91. The van der Waals surface area contributed by atoms with E-state index >= 15 is 0 Å². The molecule has 1 aliphatic carbocycles. The van der Waals surface area contributed by atoms with E-state index in [1.54, 1.807) is 12.4 Å². The molecule has 2 heteroatoms. The average molecular weight is 138 g/mol. The van der Waals surface area contributed by atoms with Gasteiger partial charge in [-0.25, -0.2) is 0 Å². The molecule has 0 aromatic carbocycles. The molecule has 0 bridgehead atoms. The number of hydrogen-bond acceptors (Lipinski definition) is 2. The van der Waals surface area contributed by atoms with Crippen LogP contribution in [0.1, 0.15) is 25.7 Å². The van der Waals surface area contributed by atoms with Crippen molar-refractivity contribution in [3.63, 3.8) is 0 Å². The highest BCUT2D eigenvalue weighted by atomic mass is 14.5. The first-order valence-electron chi connectivity index (χ1n) is 3.70. The van der Waals surface area contributed by atoms with Crippen LogP contribution in [0.5, 0.6) is 0 Å². The molecular weight excluding hydrogens is 124 g/mol. The van der Waals surface area contributed by atoms with Crippen molar-refractivity contribution in [3.05, 3.63) is 23.5 Å². The van der Waals surface area contributed by atoms with E-state index in [0.29, 0.717) is 0 Å². The van der Waals surface area contributed by atoms with Crippen LogP contribution in [0, 0.1) is 0 Å². The van der Waals surface area contributed by atoms with Gasteiger partial charge in [0.25, 0.3) is 0 Å². The molecule has 1 fully saturated rings. The SMILES string of the molecule is NC=C1CCCCC1=CN. The van der Waals surface area contributed by atoms with Crippen molar-refractivity contribution in [2.45, 2.75) is 25.7 Å². The monoisotopic (exact) mass is 138 g/mol. The van der Waals surface area contributed by atoms with E-state index in [-0.39, 0.29) is 0 Å². The van der Waals surface area contributed by atoms with E-state index in [0.717, 1.165) is 12.8 Å². The fourth-order valence-electron chi connectivity index (χ4n) is 1.33. The summed E-state index contributed by atoms with van der Waals surface area (Å²) in [7, 11) is 0. The van der Waals surface area contributed by atoms with Gasteiger partial charge in [0, 0.05) is 0 Å². The molecule has 0 aliphatic heterocycles. The van der Waals surface area contributed by atoms with Crippen molar-refractivity contribution in [2.24, 2.45) is 11.5 Å². The topological polar surface area (TPSA) is 52.0 Å². The highest BCUT2D eigenvalue weighted by molar-refractivity contribution is 5.31. The standard InChI is InChI=1S/C8H14N2/c9-5-7-3-1-2-4-8(7)6-10/h5-6H,1-4,9-10H2. The van der Waals surface area contributed by atoms with Crippen molar-refractivity contribution < 1.29 is 0 Å². The minimum absolute atomic E-state index is 1.10. The van der Waals surface area contributed by atoms with Gasteiger partial charge >= 0.3 is 0 Å². The predicted octanol–water partition coefficient (Wildman–Crippen LogP) is 1.25. The lowest BCUT2D eigenvalue weighted by molar-refractivity contribution is 0.676. The van der Waals surface area contributed by atoms with Gasteiger partial charge in [-0.2, -0.15) is 0 Å². The van der Waals surface area contributed by atoms with Gasteiger partial charge in [0.2, 0.25) is 0 Å². The third-order valence-corrected chi connectivity index (χ3v) is 1.96. The van der Waals surface area contributed by atoms with Crippen molar-refractivity contribution in [3.8, 4) is 0 Å². The van der Waals surface area contributed by atoms with Crippen molar-refractivity contribution in [2.75, 3.05) is 0 Å². The largest absolute Gasteiger partial charge is 0.404 e. The Balaban J connectivity index is 2.69. The third-order valence-electron chi connectivity index (χ3n) is 1.96. The summed E-state index contributed by atoms with van der Waals surface area (Å²) in [5, 5.41) is 0. The third kappa shape index (κ3) is 1.32. The van der Waals surface area contributed by atoms with Gasteiger partial charge in [-0.3, -0.25) is 0 Å². The second-order valence-electron chi connectivity index (χ2n) is 2.59. The fourth-order valence-corrected chi connectivity index (χ4v) is 1.33. The van der Waals surface area contributed by atoms with Crippen LogP contribution in [-0.4, -0.2) is 0 Å². The number of allylic oxidation sites excluding steroid dienone is 2. The molecule has 1 rings (SSSR count). The summed E-state index contributed by atoms with van der Waals surface area (Å²) in [5.41, 5.74) is 13.3. The minimum atomic E-state index is 1.10. The summed E-state index contributed by atoms with van der Waals surface area (Å²) < 4.78 is 0. The Morgan fingerprint density at radius 2 is 1.30 bits per heavy atom. The number of nitrogens with two attached hydrogens (primary N) is 2. The zero-order valence-corrected chi connectivity index (χ0v) is 6.14. The summed E-state index contributed by atoms with van der Waals surface area (Å²) in [6.45, 7) is 0. The molecule has 0 atom stereocenters. The van der Waals surface area contributed by atoms with E-state index in [9.17, 15) is 0 Å².